The Morgan fingerprint density at radius 1 is 1.00 bits per heavy atom. The van der Waals surface area contributed by atoms with Gasteiger partial charge in [0.1, 0.15) is 6.61 Å². The quantitative estimate of drug-likeness (QED) is 0.308. The van der Waals surface area contributed by atoms with Crippen LogP contribution in [0.2, 0.25) is 0 Å². The zero-order valence-electron chi connectivity index (χ0n) is 23.1. The van der Waals surface area contributed by atoms with Crippen molar-refractivity contribution in [3.05, 3.63) is 88.7 Å². The van der Waals surface area contributed by atoms with E-state index in [2.05, 4.69) is 63.2 Å². The summed E-state index contributed by atoms with van der Waals surface area (Å²) in [5, 5.41) is 8.92. The summed E-state index contributed by atoms with van der Waals surface area (Å²) in [4.78, 5) is 10.9. The van der Waals surface area contributed by atoms with Gasteiger partial charge in [0.25, 0.3) is 0 Å². The summed E-state index contributed by atoms with van der Waals surface area (Å²) in [6.45, 7) is 7.15. The number of benzene rings is 3. The minimum absolute atomic E-state index is 0.110. The lowest BCUT2D eigenvalue weighted by Gasteiger charge is -2.30. The predicted molar refractivity (Wildman–Crippen MR) is 152 cm³/mol. The van der Waals surface area contributed by atoms with Crippen LogP contribution in [-0.4, -0.2) is 11.1 Å². The molecule has 3 nitrogen and oxygen atoms in total. The average molecular weight is 517 g/mol. The molecule has 4 heteroatoms. The molecule has 3 aromatic carbocycles. The molecule has 0 aliphatic heterocycles. The number of hydrogen-bond acceptors (Lipinski definition) is 2. The van der Waals surface area contributed by atoms with Gasteiger partial charge >= 0.3 is 5.97 Å². The van der Waals surface area contributed by atoms with E-state index in [0.717, 1.165) is 18.4 Å². The highest BCUT2D eigenvalue weighted by atomic mass is 19.1. The molecule has 2 saturated carbocycles. The van der Waals surface area contributed by atoms with Gasteiger partial charge < -0.3 is 9.84 Å². The Morgan fingerprint density at radius 3 is 2.42 bits per heavy atom. The number of carbonyl (C=O) groups is 1. The van der Waals surface area contributed by atoms with Gasteiger partial charge in [0.05, 0.1) is 0 Å². The molecule has 0 saturated heterocycles. The van der Waals surface area contributed by atoms with Crippen LogP contribution in [0.1, 0.15) is 93.9 Å². The highest BCUT2D eigenvalue weighted by Gasteiger charge is 2.36. The van der Waals surface area contributed by atoms with Gasteiger partial charge in [0.2, 0.25) is 0 Å². The molecule has 1 atom stereocenters. The summed E-state index contributed by atoms with van der Waals surface area (Å²) in [5.41, 5.74) is 6.78. The lowest BCUT2D eigenvalue weighted by molar-refractivity contribution is -0.136. The molecule has 38 heavy (non-hydrogen) atoms. The standard InChI is InChI=1S/C31H35FO3.C3H6/c1-4-21-8-5-10-24(18-21)25-15-13-22(19-26(25)27-11-7-17-31(27,2)3)20-35-28-12-6-9-23(30(28)32)14-16-29(33)34;1-2-3-1/h5-6,8-10,12-13,15,18-19,27H,4,7,11,14,16-17,20H2,1-3H3,(H,33,34);1-3H2. The number of rotatable bonds is 9. The number of carboxylic acids is 1. The molecule has 0 aromatic heterocycles. The summed E-state index contributed by atoms with van der Waals surface area (Å²) in [6, 6.07) is 20.2. The van der Waals surface area contributed by atoms with Gasteiger partial charge in [-0.1, -0.05) is 101 Å². The minimum atomic E-state index is -0.942. The van der Waals surface area contributed by atoms with Crippen LogP contribution in [0.5, 0.6) is 5.75 Å². The number of carboxylic acid groups (broad SMARTS) is 1. The summed E-state index contributed by atoms with van der Waals surface area (Å²) < 4.78 is 20.8. The maximum absolute atomic E-state index is 14.9. The van der Waals surface area contributed by atoms with E-state index >= 15 is 0 Å². The molecule has 2 aliphatic rings. The monoisotopic (exact) mass is 516 g/mol. The first-order chi connectivity index (χ1) is 18.3. The second-order valence-corrected chi connectivity index (χ2v) is 11.4. The van der Waals surface area contributed by atoms with Crippen LogP contribution in [0.3, 0.4) is 0 Å². The van der Waals surface area contributed by atoms with Gasteiger partial charge in [-0.3, -0.25) is 4.79 Å². The fourth-order valence-corrected chi connectivity index (χ4v) is 5.38. The normalized spacial score (nSPS) is 17.4. The first-order valence-electron chi connectivity index (χ1n) is 14.1. The van der Waals surface area contributed by atoms with Crippen molar-refractivity contribution < 1.29 is 19.0 Å². The fourth-order valence-electron chi connectivity index (χ4n) is 5.38. The van der Waals surface area contributed by atoms with Crippen LogP contribution >= 0.6 is 0 Å². The van der Waals surface area contributed by atoms with Gasteiger partial charge in [-0.05, 0) is 76.5 Å². The van der Waals surface area contributed by atoms with Crippen LogP contribution in [0, 0.1) is 11.2 Å². The van der Waals surface area contributed by atoms with Crippen LogP contribution in [0.4, 0.5) is 4.39 Å². The van der Waals surface area contributed by atoms with Gasteiger partial charge in [0, 0.05) is 6.42 Å². The molecule has 0 heterocycles. The second kappa shape index (κ2) is 12.6. The largest absolute Gasteiger partial charge is 0.486 e. The predicted octanol–water partition coefficient (Wildman–Crippen LogP) is 9.12. The van der Waals surface area contributed by atoms with E-state index in [-0.39, 0.29) is 30.6 Å². The van der Waals surface area contributed by atoms with E-state index in [1.54, 1.807) is 18.2 Å². The third-order valence-corrected chi connectivity index (χ3v) is 7.79. The first kappa shape index (κ1) is 27.9. The van der Waals surface area contributed by atoms with Crippen molar-refractivity contribution in [2.24, 2.45) is 5.41 Å². The Labute approximate surface area is 227 Å². The average Bonchev–Trinajstić information content (AvgIpc) is 3.75. The van der Waals surface area contributed by atoms with E-state index in [4.69, 9.17) is 9.84 Å². The Morgan fingerprint density at radius 2 is 1.76 bits per heavy atom. The first-order valence-corrected chi connectivity index (χ1v) is 14.1. The van der Waals surface area contributed by atoms with Crippen molar-refractivity contribution in [3.63, 3.8) is 0 Å². The Bertz CT molecular complexity index is 1240. The van der Waals surface area contributed by atoms with Crippen molar-refractivity contribution in [1.82, 2.24) is 0 Å². The SMILES string of the molecule is C1CC1.CCc1cccc(-c2ccc(COc3cccc(CCC(=O)O)c3F)cc2C2CCCC2(C)C)c1. The van der Waals surface area contributed by atoms with Gasteiger partial charge in [0.15, 0.2) is 11.6 Å². The highest BCUT2D eigenvalue weighted by Crippen LogP contribution is 2.51. The van der Waals surface area contributed by atoms with Crippen LogP contribution in [0.25, 0.3) is 11.1 Å². The van der Waals surface area contributed by atoms with Crippen molar-refractivity contribution in [2.45, 2.75) is 91.1 Å². The molecule has 5 rings (SSSR count). The molecule has 0 spiro atoms. The maximum Gasteiger partial charge on any atom is 0.303 e. The van der Waals surface area contributed by atoms with Crippen LogP contribution < -0.4 is 4.74 Å². The molecular weight excluding hydrogens is 475 g/mol. The van der Waals surface area contributed by atoms with E-state index < -0.39 is 11.8 Å². The molecule has 3 aromatic rings. The van der Waals surface area contributed by atoms with Gasteiger partial charge in [-0.25, -0.2) is 4.39 Å². The molecule has 2 aliphatic carbocycles. The molecule has 1 N–H and O–H groups in total. The smallest absolute Gasteiger partial charge is 0.303 e. The molecular formula is C34H41FO3. The number of aryl methyl sites for hydroxylation is 2. The number of aliphatic carboxylic acids is 1. The lowest BCUT2D eigenvalue weighted by Crippen LogP contribution is -2.16. The highest BCUT2D eigenvalue weighted by molar-refractivity contribution is 5.70. The van der Waals surface area contributed by atoms with Crippen molar-refractivity contribution in [1.29, 1.82) is 0 Å². The van der Waals surface area contributed by atoms with Crippen molar-refractivity contribution >= 4 is 5.97 Å². The second-order valence-electron chi connectivity index (χ2n) is 11.4. The number of ether oxygens (including phenoxy) is 1. The summed E-state index contributed by atoms with van der Waals surface area (Å²) in [6.07, 6.45) is 9.13. The topological polar surface area (TPSA) is 46.5 Å². The van der Waals surface area contributed by atoms with Crippen molar-refractivity contribution in [3.8, 4) is 16.9 Å². The lowest BCUT2D eigenvalue weighted by atomic mass is 9.75. The Balaban J connectivity index is 0.00000105. The van der Waals surface area contributed by atoms with Crippen molar-refractivity contribution in [2.75, 3.05) is 0 Å². The van der Waals surface area contributed by atoms with Crippen LogP contribution in [-0.2, 0) is 24.2 Å². The Hall–Kier alpha value is -3.14. The van der Waals surface area contributed by atoms with Gasteiger partial charge in [-0.15, -0.1) is 0 Å². The third-order valence-electron chi connectivity index (χ3n) is 7.79. The Kier molecular flexibility index (Phi) is 9.25. The van der Waals surface area contributed by atoms with E-state index in [0.29, 0.717) is 11.5 Å². The molecule has 202 valence electrons. The minimum Gasteiger partial charge on any atom is -0.486 e. The fraction of sp³-hybridized carbons (Fsp3) is 0.441. The summed E-state index contributed by atoms with van der Waals surface area (Å²) in [5.74, 6) is -0.796. The molecule has 0 radical (unpaired) electrons. The zero-order valence-corrected chi connectivity index (χ0v) is 23.1. The van der Waals surface area contributed by atoms with Gasteiger partial charge in [-0.2, -0.15) is 0 Å². The molecule has 2 fully saturated rings. The molecule has 1 unspecified atom stereocenters. The number of halogens is 1. The van der Waals surface area contributed by atoms with E-state index in [9.17, 15) is 9.18 Å². The maximum atomic E-state index is 14.9. The van der Waals surface area contributed by atoms with Crippen LogP contribution in [0.15, 0.2) is 60.7 Å². The summed E-state index contributed by atoms with van der Waals surface area (Å²) in [7, 11) is 0. The molecule has 0 bridgehead atoms. The molecule has 0 amide bonds. The van der Waals surface area contributed by atoms with E-state index in [1.807, 2.05) is 0 Å². The van der Waals surface area contributed by atoms with E-state index in [1.165, 1.54) is 54.4 Å². The summed E-state index contributed by atoms with van der Waals surface area (Å²) >= 11 is 0. The number of hydrogen-bond donors (Lipinski definition) is 1. The zero-order chi connectivity index (χ0) is 27.1. The third kappa shape index (κ3) is 7.24.